The van der Waals surface area contributed by atoms with Gasteiger partial charge in [0, 0.05) is 16.6 Å². The quantitative estimate of drug-likeness (QED) is 0.812. The number of hydrogen-bond acceptors (Lipinski definition) is 3. The van der Waals surface area contributed by atoms with Crippen LogP contribution in [0.4, 0.5) is 0 Å². The lowest BCUT2D eigenvalue weighted by Crippen LogP contribution is -2.31. The molecule has 3 N–H and O–H groups in total. The Morgan fingerprint density at radius 3 is 3.00 bits per heavy atom. The lowest BCUT2D eigenvalue weighted by Gasteiger charge is -2.22. The molecule has 0 bridgehead atoms. The van der Waals surface area contributed by atoms with Gasteiger partial charge in [-0.15, -0.1) is 12.4 Å². The summed E-state index contributed by atoms with van der Waals surface area (Å²) in [7, 11) is 1.65. The van der Waals surface area contributed by atoms with E-state index in [-0.39, 0.29) is 24.9 Å². The fraction of sp³-hybridized carbons (Fsp3) is 0.357. The predicted molar refractivity (Wildman–Crippen MR) is 78.8 cm³/mol. The van der Waals surface area contributed by atoms with Gasteiger partial charge in [0.15, 0.2) is 0 Å². The smallest absolute Gasteiger partial charge is 0.305 e. The van der Waals surface area contributed by atoms with Crippen molar-refractivity contribution in [2.75, 3.05) is 13.7 Å². The van der Waals surface area contributed by atoms with Crippen LogP contribution >= 0.6 is 12.4 Å². The summed E-state index contributed by atoms with van der Waals surface area (Å²) in [6.07, 6.45) is 0.996. The number of rotatable bonds is 3. The van der Waals surface area contributed by atoms with Gasteiger partial charge in [-0.2, -0.15) is 0 Å². The van der Waals surface area contributed by atoms with Gasteiger partial charge >= 0.3 is 5.97 Å². The van der Waals surface area contributed by atoms with Crippen LogP contribution in [-0.4, -0.2) is 29.7 Å². The Morgan fingerprint density at radius 1 is 1.50 bits per heavy atom. The number of hydrogen-bond donors (Lipinski definition) is 3. The van der Waals surface area contributed by atoms with Crippen LogP contribution in [-0.2, 0) is 11.2 Å². The summed E-state index contributed by atoms with van der Waals surface area (Å²) in [5.41, 5.74) is 3.24. The number of carboxylic acid groups (broad SMARTS) is 1. The maximum Gasteiger partial charge on any atom is 0.305 e. The van der Waals surface area contributed by atoms with Gasteiger partial charge in [0.1, 0.15) is 5.75 Å². The minimum atomic E-state index is -0.790. The second-order valence-electron chi connectivity index (χ2n) is 4.78. The van der Waals surface area contributed by atoms with Crippen molar-refractivity contribution < 1.29 is 14.6 Å². The molecule has 1 aromatic carbocycles. The molecule has 2 heterocycles. The van der Waals surface area contributed by atoms with E-state index in [2.05, 4.69) is 10.3 Å². The summed E-state index contributed by atoms with van der Waals surface area (Å²) in [4.78, 5) is 14.3. The zero-order valence-electron chi connectivity index (χ0n) is 11.1. The number of aromatic nitrogens is 1. The maximum absolute atomic E-state index is 10.9. The van der Waals surface area contributed by atoms with E-state index in [1.54, 1.807) is 7.11 Å². The molecule has 20 heavy (non-hydrogen) atoms. The third-order valence-electron chi connectivity index (χ3n) is 3.64. The number of carbonyl (C=O) groups is 1. The number of fused-ring (bicyclic) bond motifs is 3. The van der Waals surface area contributed by atoms with Crippen LogP contribution < -0.4 is 10.1 Å². The first kappa shape index (κ1) is 14.7. The SMILES string of the molecule is COc1ccc2[nH]c3c(c2c1)CCNC3CC(=O)O.Cl. The monoisotopic (exact) mass is 296 g/mol. The summed E-state index contributed by atoms with van der Waals surface area (Å²) in [6, 6.07) is 5.75. The number of H-pyrrole nitrogens is 1. The largest absolute Gasteiger partial charge is 0.497 e. The number of methoxy groups -OCH3 is 1. The summed E-state index contributed by atoms with van der Waals surface area (Å²) in [5, 5.41) is 13.4. The highest BCUT2D eigenvalue weighted by atomic mass is 35.5. The van der Waals surface area contributed by atoms with E-state index >= 15 is 0 Å². The van der Waals surface area contributed by atoms with Crippen LogP contribution in [0.2, 0.25) is 0 Å². The van der Waals surface area contributed by atoms with Crippen LogP contribution in [0, 0.1) is 0 Å². The maximum atomic E-state index is 10.9. The van der Waals surface area contributed by atoms with Crippen LogP contribution in [0.3, 0.4) is 0 Å². The fourth-order valence-electron chi connectivity index (χ4n) is 2.76. The minimum Gasteiger partial charge on any atom is -0.497 e. The van der Waals surface area contributed by atoms with Gasteiger partial charge in [0.2, 0.25) is 0 Å². The van der Waals surface area contributed by atoms with Crippen molar-refractivity contribution >= 4 is 29.3 Å². The number of carboxylic acids is 1. The van der Waals surface area contributed by atoms with Crippen molar-refractivity contribution in [1.29, 1.82) is 0 Å². The standard InChI is InChI=1S/C14H16N2O3.ClH/c1-19-8-2-3-11-10(6-8)9-4-5-15-12(7-13(17)18)14(9)16-11;/h2-3,6,12,15-16H,4-5,7H2,1H3,(H,17,18);1H. The molecule has 108 valence electrons. The van der Waals surface area contributed by atoms with Crippen molar-refractivity contribution in [2.45, 2.75) is 18.9 Å². The first-order chi connectivity index (χ1) is 9.19. The van der Waals surface area contributed by atoms with Crippen molar-refractivity contribution in [3.05, 3.63) is 29.5 Å². The van der Waals surface area contributed by atoms with E-state index in [1.807, 2.05) is 18.2 Å². The predicted octanol–water partition coefficient (Wildman–Crippen LogP) is 2.26. The van der Waals surface area contributed by atoms with Gasteiger partial charge in [0.05, 0.1) is 19.6 Å². The molecule has 0 radical (unpaired) electrons. The van der Waals surface area contributed by atoms with Gasteiger partial charge < -0.3 is 20.1 Å². The second kappa shape index (κ2) is 5.73. The van der Waals surface area contributed by atoms with Gasteiger partial charge in [0.25, 0.3) is 0 Å². The molecular weight excluding hydrogens is 280 g/mol. The second-order valence-corrected chi connectivity index (χ2v) is 4.78. The first-order valence-electron chi connectivity index (χ1n) is 6.32. The van der Waals surface area contributed by atoms with Gasteiger partial charge in [-0.25, -0.2) is 0 Å². The average Bonchev–Trinajstić information content (AvgIpc) is 2.77. The molecule has 1 aliphatic heterocycles. The normalized spacial score (nSPS) is 17.4. The summed E-state index contributed by atoms with van der Waals surface area (Å²) < 4.78 is 5.25. The Balaban J connectivity index is 0.00000147. The molecule has 3 rings (SSSR count). The zero-order valence-corrected chi connectivity index (χ0v) is 11.9. The van der Waals surface area contributed by atoms with E-state index < -0.39 is 5.97 Å². The molecule has 0 spiro atoms. The third kappa shape index (κ3) is 2.46. The molecule has 1 unspecified atom stereocenters. The molecule has 1 aliphatic rings. The van der Waals surface area contributed by atoms with Gasteiger partial charge in [-0.05, 0) is 36.7 Å². The van der Waals surface area contributed by atoms with Crippen molar-refractivity contribution in [3.63, 3.8) is 0 Å². The lowest BCUT2D eigenvalue weighted by molar-refractivity contribution is -0.137. The highest BCUT2D eigenvalue weighted by Crippen LogP contribution is 2.33. The number of benzene rings is 1. The molecule has 5 nitrogen and oxygen atoms in total. The third-order valence-corrected chi connectivity index (χ3v) is 3.64. The van der Waals surface area contributed by atoms with Gasteiger partial charge in [-0.1, -0.05) is 0 Å². The van der Waals surface area contributed by atoms with Crippen LogP contribution in [0.25, 0.3) is 10.9 Å². The lowest BCUT2D eigenvalue weighted by atomic mass is 9.97. The van der Waals surface area contributed by atoms with Crippen molar-refractivity contribution in [1.82, 2.24) is 10.3 Å². The highest BCUT2D eigenvalue weighted by molar-refractivity contribution is 5.87. The van der Waals surface area contributed by atoms with Crippen LogP contribution in [0.5, 0.6) is 5.75 Å². The van der Waals surface area contributed by atoms with E-state index in [4.69, 9.17) is 9.84 Å². The topological polar surface area (TPSA) is 74.3 Å². The van der Waals surface area contributed by atoms with Crippen LogP contribution in [0.15, 0.2) is 18.2 Å². The fourth-order valence-corrected chi connectivity index (χ4v) is 2.76. The molecule has 6 heteroatoms. The zero-order chi connectivity index (χ0) is 13.4. The summed E-state index contributed by atoms with van der Waals surface area (Å²) in [6.45, 7) is 0.801. The Labute approximate surface area is 122 Å². The number of nitrogens with one attached hydrogen (secondary N) is 2. The van der Waals surface area contributed by atoms with Crippen molar-refractivity contribution in [2.24, 2.45) is 0 Å². The molecule has 0 saturated carbocycles. The Hall–Kier alpha value is -1.72. The summed E-state index contributed by atoms with van der Waals surface area (Å²) in [5.74, 6) is 0.0317. The van der Waals surface area contributed by atoms with E-state index in [0.717, 1.165) is 35.3 Å². The number of halogens is 1. The number of aliphatic carboxylic acids is 1. The summed E-state index contributed by atoms with van der Waals surface area (Å²) >= 11 is 0. The molecule has 0 amide bonds. The Kier molecular flexibility index (Phi) is 4.20. The van der Waals surface area contributed by atoms with E-state index in [9.17, 15) is 4.79 Å². The Bertz CT molecular complexity index is 639. The first-order valence-corrected chi connectivity index (χ1v) is 6.32. The molecule has 1 aromatic heterocycles. The molecular formula is C14H17ClN2O3. The molecule has 2 aromatic rings. The van der Waals surface area contributed by atoms with E-state index in [0.29, 0.717) is 0 Å². The number of aromatic amines is 1. The Morgan fingerprint density at radius 2 is 2.30 bits per heavy atom. The van der Waals surface area contributed by atoms with Crippen LogP contribution in [0.1, 0.15) is 23.7 Å². The molecule has 0 fully saturated rings. The molecule has 0 aliphatic carbocycles. The van der Waals surface area contributed by atoms with Crippen molar-refractivity contribution in [3.8, 4) is 5.75 Å². The molecule has 0 saturated heterocycles. The number of ether oxygens (including phenoxy) is 1. The van der Waals surface area contributed by atoms with E-state index in [1.165, 1.54) is 5.56 Å². The average molecular weight is 297 g/mol. The highest BCUT2D eigenvalue weighted by Gasteiger charge is 2.25. The minimum absolute atomic E-state index is 0. The molecule has 1 atom stereocenters. The van der Waals surface area contributed by atoms with Gasteiger partial charge in [-0.3, -0.25) is 4.79 Å².